The molecule has 3 aromatic rings. The molecule has 1 aliphatic rings. The quantitative estimate of drug-likeness (QED) is 0.612. The highest BCUT2D eigenvalue weighted by Crippen LogP contribution is 2.30. The predicted molar refractivity (Wildman–Crippen MR) is 126 cm³/mol. The van der Waals surface area contributed by atoms with Crippen molar-refractivity contribution in [2.75, 3.05) is 51.3 Å². The van der Waals surface area contributed by atoms with Crippen LogP contribution in [-0.2, 0) is 10.0 Å². The van der Waals surface area contributed by atoms with Gasteiger partial charge in [-0.15, -0.1) is 0 Å². The average Bonchev–Trinajstić information content (AvgIpc) is 2.79. The molecule has 0 unspecified atom stereocenters. The number of nitrogens with zero attached hydrogens (tertiary/aromatic N) is 2. The number of anilines is 1. The van der Waals surface area contributed by atoms with Crippen molar-refractivity contribution in [1.82, 2.24) is 9.62 Å². The standard InChI is InChI=1S/C24H29N3O3S/c1-19-6-10-22(11-7-19)31(28,29)25-12-13-26-14-16-27(17-15-26)24-5-3-4-20-8-9-21(30-2)18-23(20)24/h3-11,18,25H,12-17H2,1-2H3. The molecule has 3 aromatic carbocycles. The molecule has 0 radical (unpaired) electrons. The molecule has 6 nitrogen and oxygen atoms in total. The highest BCUT2D eigenvalue weighted by Gasteiger charge is 2.20. The van der Waals surface area contributed by atoms with Gasteiger partial charge in [0.25, 0.3) is 0 Å². The maximum atomic E-state index is 12.5. The van der Waals surface area contributed by atoms with Gasteiger partial charge < -0.3 is 9.64 Å². The Morgan fingerprint density at radius 1 is 0.968 bits per heavy atom. The number of nitrogens with one attached hydrogen (secondary N) is 1. The van der Waals surface area contributed by atoms with E-state index >= 15 is 0 Å². The lowest BCUT2D eigenvalue weighted by atomic mass is 10.1. The Hall–Kier alpha value is -2.61. The molecule has 1 aliphatic heterocycles. The number of fused-ring (bicyclic) bond motifs is 1. The van der Waals surface area contributed by atoms with E-state index in [1.54, 1.807) is 19.2 Å². The molecule has 0 spiro atoms. The van der Waals surface area contributed by atoms with Gasteiger partial charge in [-0.05, 0) is 42.6 Å². The topological polar surface area (TPSA) is 61.9 Å². The van der Waals surface area contributed by atoms with Crippen molar-refractivity contribution in [3.05, 3.63) is 66.2 Å². The van der Waals surface area contributed by atoms with Crippen LogP contribution in [0.1, 0.15) is 5.56 Å². The summed E-state index contributed by atoms with van der Waals surface area (Å²) in [6.07, 6.45) is 0. The monoisotopic (exact) mass is 439 g/mol. The minimum absolute atomic E-state index is 0.314. The number of sulfonamides is 1. The second kappa shape index (κ2) is 9.26. The smallest absolute Gasteiger partial charge is 0.240 e. The summed E-state index contributed by atoms with van der Waals surface area (Å²) < 4.78 is 33.0. The number of benzene rings is 3. The van der Waals surface area contributed by atoms with Crippen molar-refractivity contribution in [2.45, 2.75) is 11.8 Å². The fraction of sp³-hybridized carbons (Fsp3) is 0.333. The molecule has 164 valence electrons. The first-order valence-corrected chi connectivity index (χ1v) is 12.0. The second-order valence-electron chi connectivity index (χ2n) is 7.90. The zero-order chi connectivity index (χ0) is 21.8. The fourth-order valence-electron chi connectivity index (χ4n) is 3.99. The van der Waals surface area contributed by atoms with Crippen molar-refractivity contribution in [1.29, 1.82) is 0 Å². The highest BCUT2D eigenvalue weighted by atomic mass is 32.2. The maximum Gasteiger partial charge on any atom is 0.240 e. The number of aryl methyl sites for hydroxylation is 1. The Morgan fingerprint density at radius 3 is 2.42 bits per heavy atom. The normalized spacial score (nSPS) is 15.4. The lowest BCUT2D eigenvalue weighted by Crippen LogP contribution is -2.48. The van der Waals surface area contributed by atoms with Crippen molar-refractivity contribution < 1.29 is 13.2 Å². The first-order chi connectivity index (χ1) is 15.0. The van der Waals surface area contributed by atoms with E-state index in [0.29, 0.717) is 18.0 Å². The van der Waals surface area contributed by atoms with Crippen LogP contribution in [0.4, 0.5) is 5.69 Å². The molecular formula is C24H29N3O3S. The van der Waals surface area contributed by atoms with Crippen LogP contribution in [0.2, 0.25) is 0 Å². The summed E-state index contributed by atoms with van der Waals surface area (Å²) >= 11 is 0. The predicted octanol–water partition coefficient (Wildman–Crippen LogP) is 3.26. The Balaban J connectivity index is 1.33. The zero-order valence-electron chi connectivity index (χ0n) is 18.0. The molecule has 0 saturated carbocycles. The summed E-state index contributed by atoms with van der Waals surface area (Å²) in [5, 5.41) is 2.40. The SMILES string of the molecule is COc1ccc2cccc(N3CCN(CCNS(=O)(=O)c4ccc(C)cc4)CC3)c2c1. The van der Waals surface area contributed by atoms with Gasteiger partial charge in [-0.3, -0.25) is 4.90 Å². The van der Waals surface area contributed by atoms with E-state index in [2.05, 4.69) is 44.9 Å². The van der Waals surface area contributed by atoms with Crippen molar-refractivity contribution in [3.8, 4) is 5.75 Å². The van der Waals surface area contributed by atoms with E-state index in [9.17, 15) is 8.42 Å². The van der Waals surface area contributed by atoms with Crippen LogP contribution >= 0.6 is 0 Å². The van der Waals surface area contributed by atoms with Gasteiger partial charge in [0.15, 0.2) is 0 Å². The number of piperazine rings is 1. The third-order valence-corrected chi connectivity index (χ3v) is 7.31. The van der Waals surface area contributed by atoms with E-state index in [1.165, 1.54) is 16.5 Å². The molecule has 0 atom stereocenters. The van der Waals surface area contributed by atoms with Crippen molar-refractivity contribution >= 4 is 26.5 Å². The summed E-state index contributed by atoms with van der Waals surface area (Å²) in [7, 11) is -1.77. The maximum absolute atomic E-state index is 12.5. The molecule has 0 aliphatic carbocycles. The third kappa shape index (κ3) is 5.01. The number of rotatable bonds is 7. The van der Waals surface area contributed by atoms with Crippen LogP contribution in [0.5, 0.6) is 5.75 Å². The number of methoxy groups -OCH3 is 1. The summed E-state index contributed by atoms with van der Waals surface area (Å²) in [4.78, 5) is 5.02. The van der Waals surface area contributed by atoms with Gasteiger partial charge in [0, 0.05) is 50.3 Å². The third-order valence-electron chi connectivity index (χ3n) is 5.83. The minimum atomic E-state index is -3.46. The summed E-state index contributed by atoms with van der Waals surface area (Å²) in [6, 6.07) is 19.5. The molecule has 0 aromatic heterocycles. The lowest BCUT2D eigenvalue weighted by Gasteiger charge is -2.36. The summed E-state index contributed by atoms with van der Waals surface area (Å²) in [5.41, 5.74) is 2.26. The van der Waals surface area contributed by atoms with Crippen LogP contribution in [0.3, 0.4) is 0 Å². The van der Waals surface area contributed by atoms with Crippen LogP contribution in [0, 0.1) is 6.92 Å². The molecule has 1 heterocycles. The minimum Gasteiger partial charge on any atom is -0.497 e. The van der Waals surface area contributed by atoms with Crippen LogP contribution < -0.4 is 14.4 Å². The van der Waals surface area contributed by atoms with Crippen molar-refractivity contribution in [2.24, 2.45) is 0 Å². The van der Waals surface area contributed by atoms with E-state index in [0.717, 1.165) is 37.5 Å². The Morgan fingerprint density at radius 2 is 1.71 bits per heavy atom. The van der Waals surface area contributed by atoms with Gasteiger partial charge in [0.2, 0.25) is 10.0 Å². The van der Waals surface area contributed by atoms with E-state index in [1.807, 2.05) is 25.1 Å². The molecule has 0 amide bonds. The van der Waals surface area contributed by atoms with Crippen molar-refractivity contribution in [3.63, 3.8) is 0 Å². The molecule has 7 heteroatoms. The molecule has 1 N–H and O–H groups in total. The number of hydrogen-bond acceptors (Lipinski definition) is 5. The Labute approximate surface area is 184 Å². The lowest BCUT2D eigenvalue weighted by molar-refractivity contribution is 0.262. The highest BCUT2D eigenvalue weighted by molar-refractivity contribution is 7.89. The Kier molecular flexibility index (Phi) is 6.46. The molecule has 4 rings (SSSR count). The fourth-order valence-corrected chi connectivity index (χ4v) is 5.01. The second-order valence-corrected chi connectivity index (χ2v) is 9.67. The van der Waals surface area contributed by atoms with Crippen LogP contribution in [0.25, 0.3) is 10.8 Å². The molecule has 1 saturated heterocycles. The molecule has 1 fully saturated rings. The molecule has 0 bridgehead atoms. The van der Waals surface area contributed by atoms with E-state index in [4.69, 9.17) is 4.74 Å². The average molecular weight is 440 g/mol. The molecule has 31 heavy (non-hydrogen) atoms. The van der Waals surface area contributed by atoms with Gasteiger partial charge in [0.1, 0.15) is 5.75 Å². The van der Waals surface area contributed by atoms with Gasteiger partial charge in [-0.1, -0.05) is 35.9 Å². The van der Waals surface area contributed by atoms with Crippen LogP contribution in [-0.4, -0.2) is 59.7 Å². The van der Waals surface area contributed by atoms with Gasteiger partial charge in [-0.25, -0.2) is 13.1 Å². The number of ether oxygens (including phenoxy) is 1. The van der Waals surface area contributed by atoms with Gasteiger partial charge in [-0.2, -0.15) is 0 Å². The van der Waals surface area contributed by atoms with E-state index < -0.39 is 10.0 Å². The first-order valence-electron chi connectivity index (χ1n) is 10.6. The van der Waals surface area contributed by atoms with Crippen LogP contribution in [0.15, 0.2) is 65.6 Å². The Bertz CT molecular complexity index is 1140. The summed E-state index contributed by atoms with van der Waals surface area (Å²) in [5.74, 6) is 0.861. The van der Waals surface area contributed by atoms with E-state index in [-0.39, 0.29) is 0 Å². The largest absolute Gasteiger partial charge is 0.497 e. The van der Waals surface area contributed by atoms with Gasteiger partial charge >= 0.3 is 0 Å². The zero-order valence-corrected chi connectivity index (χ0v) is 18.9. The molecular weight excluding hydrogens is 410 g/mol. The first kappa shape index (κ1) is 21.6. The number of hydrogen-bond donors (Lipinski definition) is 1. The van der Waals surface area contributed by atoms with Gasteiger partial charge in [0.05, 0.1) is 12.0 Å². The summed E-state index contributed by atoms with van der Waals surface area (Å²) in [6.45, 7) is 6.64.